The van der Waals surface area contributed by atoms with Crippen molar-refractivity contribution in [2.24, 2.45) is 12.8 Å². The molecule has 0 bridgehead atoms. The summed E-state index contributed by atoms with van der Waals surface area (Å²) in [4.78, 5) is 19.9. The molecule has 0 saturated heterocycles. The number of hydrogen-bond acceptors (Lipinski definition) is 5. The molecule has 0 atom stereocenters. The summed E-state index contributed by atoms with van der Waals surface area (Å²) in [5, 5.41) is 10.4. The second-order valence-electron chi connectivity index (χ2n) is 5.96. The fourth-order valence-corrected chi connectivity index (χ4v) is 2.96. The van der Waals surface area contributed by atoms with Crippen LogP contribution < -0.4 is 16.4 Å². The molecule has 2 amide bonds. The van der Waals surface area contributed by atoms with Crippen LogP contribution in [0.4, 0.5) is 10.6 Å². The average Bonchev–Trinajstić information content (AvgIpc) is 3.23. The maximum absolute atomic E-state index is 10.9. The highest BCUT2D eigenvalue weighted by atomic mass is 16.2. The Kier molecular flexibility index (Phi) is 3.68. The number of aryl methyl sites for hydroxylation is 1. The first-order valence-corrected chi connectivity index (χ1v) is 8.08. The molecule has 26 heavy (non-hydrogen) atoms. The molecule has 4 rings (SSSR count). The van der Waals surface area contributed by atoms with Crippen molar-refractivity contribution in [3.63, 3.8) is 0 Å². The number of nitrogens with zero attached hydrogens (tertiary/aromatic N) is 5. The van der Waals surface area contributed by atoms with Crippen molar-refractivity contribution in [3.05, 3.63) is 42.2 Å². The van der Waals surface area contributed by atoms with E-state index in [1.165, 1.54) is 0 Å². The summed E-state index contributed by atoms with van der Waals surface area (Å²) in [6.45, 7) is 0.366. The molecule has 0 aliphatic carbocycles. The summed E-state index contributed by atoms with van der Waals surface area (Å²) >= 11 is 0. The van der Waals surface area contributed by atoms with Crippen LogP contribution in [0.25, 0.3) is 28.1 Å². The number of rotatable bonds is 4. The van der Waals surface area contributed by atoms with Gasteiger partial charge in [0, 0.05) is 32.3 Å². The zero-order valence-electron chi connectivity index (χ0n) is 14.4. The summed E-state index contributed by atoms with van der Waals surface area (Å²) in [7, 11) is 3.74. The molecule has 3 aromatic heterocycles. The first-order valence-electron chi connectivity index (χ1n) is 8.08. The standard InChI is InChI=1S/C17H18N8O/c1-19-15-14-16(24(2)9-21-14)25-13(22-15)7-12(23-25)11-5-3-4-10(6-11)8-20-17(18)26/h3-7,9H,8H2,1-2H3,(H,19,22)(H3,18,20,26). The third kappa shape index (κ3) is 2.59. The van der Waals surface area contributed by atoms with E-state index in [2.05, 4.69) is 20.6 Å². The van der Waals surface area contributed by atoms with Crippen LogP contribution in [0.2, 0.25) is 0 Å². The number of anilines is 1. The number of urea groups is 1. The number of nitrogens with one attached hydrogen (secondary N) is 2. The van der Waals surface area contributed by atoms with Gasteiger partial charge in [-0.25, -0.2) is 14.8 Å². The van der Waals surface area contributed by atoms with Crippen molar-refractivity contribution in [2.45, 2.75) is 6.54 Å². The third-order valence-electron chi connectivity index (χ3n) is 4.17. The fraction of sp³-hybridized carbons (Fsp3) is 0.176. The van der Waals surface area contributed by atoms with E-state index in [4.69, 9.17) is 10.8 Å². The van der Waals surface area contributed by atoms with Gasteiger partial charge in [-0.2, -0.15) is 9.61 Å². The molecule has 0 radical (unpaired) electrons. The minimum Gasteiger partial charge on any atom is -0.371 e. The molecule has 0 unspecified atom stereocenters. The number of nitrogens with two attached hydrogens (primary N) is 1. The second kappa shape index (κ2) is 6.03. The number of amides is 2. The number of imidazole rings is 1. The molecule has 9 heteroatoms. The van der Waals surface area contributed by atoms with E-state index in [1.807, 2.05) is 49.0 Å². The summed E-state index contributed by atoms with van der Waals surface area (Å²) in [6.07, 6.45) is 1.74. The number of fused-ring (bicyclic) bond motifs is 3. The number of primary amides is 1. The lowest BCUT2D eigenvalue weighted by Crippen LogP contribution is -2.28. The van der Waals surface area contributed by atoms with E-state index in [0.29, 0.717) is 12.4 Å². The van der Waals surface area contributed by atoms with E-state index >= 15 is 0 Å². The second-order valence-corrected chi connectivity index (χ2v) is 5.96. The van der Waals surface area contributed by atoms with Gasteiger partial charge in [0.1, 0.15) is 0 Å². The lowest BCUT2D eigenvalue weighted by Gasteiger charge is -2.04. The van der Waals surface area contributed by atoms with Crippen molar-refractivity contribution in [3.8, 4) is 11.3 Å². The fourth-order valence-electron chi connectivity index (χ4n) is 2.96. The molecule has 0 fully saturated rings. The summed E-state index contributed by atoms with van der Waals surface area (Å²) in [5.41, 5.74) is 10.1. The number of hydrogen-bond donors (Lipinski definition) is 3. The van der Waals surface area contributed by atoms with Gasteiger partial charge in [0.15, 0.2) is 22.6 Å². The van der Waals surface area contributed by atoms with Gasteiger partial charge in [-0.3, -0.25) is 0 Å². The van der Waals surface area contributed by atoms with Crippen LogP contribution in [0.1, 0.15) is 5.56 Å². The average molecular weight is 350 g/mol. The number of aromatic nitrogens is 5. The molecule has 0 spiro atoms. The van der Waals surface area contributed by atoms with Crippen LogP contribution in [0.3, 0.4) is 0 Å². The molecule has 9 nitrogen and oxygen atoms in total. The van der Waals surface area contributed by atoms with Crippen LogP contribution in [0.15, 0.2) is 36.7 Å². The van der Waals surface area contributed by atoms with Crippen LogP contribution >= 0.6 is 0 Å². The van der Waals surface area contributed by atoms with Gasteiger partial charge < -0.3 is 20.9 Å². The Bertz CT molecular complexity index is 1130. The van der Waals surface area contributed by atoms with E-state index in [0.717, 1.165) is 33.6 Å². The minimum absolute atomic E-state index is 0.366. The Morgan fingerprint density at radius 1 is 1.31 bits per heavy atom. The highest BCUT2D eigenvalue weighted by Gasteiger charge is 2.15. The molecular weight excluding hydrogens is 332 g/mol. The maximum Gasteiger partial charge on any atom is 0.312 e. The van der Waals surface area contributed by atoms with Gasteiger partial charge in [0.05, 0.1) is 12.0 Å². The molecule has 1 aromatic carbocycles. The van der Waals surface area contributed by atoms with Crippen LogP contribution in [-0.2, 0) is 13.6 Å². The van der Waals surface area contributed by atoms with E-state index < -0.39 is 6.03 Å². The Hall–Kier alpha value is -3.62. The van der Waals surface area contributed by atoms with Gasteiger partial charge in [0.25, 0.3) is 0 Å². The van der Waals surface area contributed by atoms with Gasteiger partial charge >= 0.3 is 6.03 Å². The first kappa shape index (κ1) is 15.9. The molecule has 3 heterocycles. The number of carbonyl (C=O) groups is 1. The quantitative estimate of drug-likeness (QED) is 0.516. The van der Waals surface area contributed by atoms with E-state index in [1.54, 1.807) is 10.8 Å². The monoisotopic (exact) mass is 350 g/mol. The molecule has 0 aliphatic rings. The van der Waals surface area contributed by atoms with Crippen LogP contribution in [-0.4, -0.2) is 37.2 Å². The zero-order chi connectivity index (χ0) is 18.3. The SMILES string of the molecule is CNc1nc2cc(-c3cccc(CNC(N)=O)c3)nn2c2c1ncn2C. The summed E-state index contributed by atoms with van der Waals surface area (Å²) < 4.78 is 3.70. The number of carbonyl (C=O) groups excluding carboxylic acids is 1. The Morgan fingerprint density at radius 2 is 2.15 bits per heavy atom. The van der Waals surface area contributed by atoms with Crippen LogP contribution in [0.5, 0.6) is 0 Å². The number of benzene rings is 1. The highest BCUT2D eigenvalue weighted by Crippen LogP contribution is 2.25. The predicted molar refractivity (Wildman–Crippen MR) is 98.7 cm³/mol. The molecule has 4 N–H and O–H groups in total. The van der Waals surface area contributed by atoms with Crippen LogP contribution in [0, 0.1) is 0 Å². The van der Waals surface area contributed by atoms with Gasteiger partial charge in [-0.05, 0) is 11.6 Å². The topological polar surface area (TPSA) is 115 Å². The molecule has 0 saturated carbocycles. The zero-order valence-corrected chi connectivity index (χ0v) is 14.4. The normalized spacial score (nSPS) is 11.2. The smallest absolute Gasteiger partial charge is 0.312 e. The van der Waals surface area contributed by atoms with Gasteiger partial charge in [-0.1, -0.05) is 18.2 Å². The minimum atomic E-state index is -0.550. The summed E-state index contributed by atoms with van der Waals surface area (Å²) in [6, 6.07) is 9.15. The van der Waals surface area contributed by atoms with E-state index in [-0.39, 0.29) is 0 Å². The molecule has 0 aliphatic heterocycles. The molecular formula is C17H18N8O. The Morgan fingerprint density at radius 3 is 2.92 bits per heavy atom. The Labute approximate surface area is 148 Å². The third-order valence-corrected chi connectivity index (χ3v) is 4.17. The van der Waals surface area contributed by atoms with Crippen molar-refractivity contribution in [1.82, 2.24) is 29.5 Å². The maximum atomic E-state index is 10.9. The van der Waals surface area contributed by atoms with Crippen molar-refractivity contribution in [2.75, 3.05) is 12.4 Å². The lowest BCUT2D eigenvalue weighted by molar-refractivity contribution is 0.248. The molecule has 4 aromatic rings. The van der Waals surface area contributed by atoms with Crippen molar-refractivity contribution >= 4 is 28.7 Å². The first-order chi connectivity index (χ1) is 12.6. The van der Waals surface area contributed by atoms with E-state index in [9.17, 15) is 4.79 Å². The summed E-state index contributed by atoms with van der Waals surface area (Å²) in [5.74, 6) is 0.707. The molecule has 132 valence electrons. The highest BCUT2D eigenvalue weighted by molar-refractivity contribution is 5.86. The van der Waals surface area contributed by atoms with Crippen molar-refractivity contribution in [1.29, 1.82) is 0 Å². The Balaban J connectivity index is 1.83. The van der Waals surface area contributed by atoms with Gasteiger partial charge in [0.2, 0.25) is 0 Å². The lowest BCUT2D eigenvalue weighted by atomic mass is 10.1. The largest absolute Gasteiger partial charge is 0.371 e. The van der Waals surface area contributed by atoms with Gasteiger partial charge in [-0.15, -0.1) is 0 Å². The van der Waals surface area contributed by atoms with Crippen molar-refractivity contribution < 1.29 is 4.79 Å². The predicted octanol–water partition coefficient (Wildman–Crippen LogP) is 1.49.